The van der Waals surface area contributed by atoms with Gasteiger partial charge in [0, 0.05) is 23.7 Å². The van der Waals surface area contributed by atoms with Gasteiger partial charge >= 0.3 is 0 Å². The zero-order valence-electron chi connectivity index (χ0n) is 16.1. The fourth-order valence-electron chi connectivity index (χ4n) is 3.08. The van der Waals surface area contributed by atoms with E-state index in [-0.39, 0.29) is 5.91 Å². The van der Waals surface area contributed by atoms with Crippen LogP contribution in [0.2, 0.25) is 0 Å². The summed E-state index contributed by atoms with van der Waals surface area (Å²) in [5, 5.41) is 7.94. The van der Waals surface area contributed by atoms with Crippen LogP contribution in [0.25, 0.3) is 11.3 Å². The minimum atomic E-state index is -0.221. The predicted molar refractivity (Wildman–Crippen MR) is 114 cm³/mol. The lowest BCUT2D eigenvalue weighted by Gasteiger charge is -2.09. The van der Waals surface area contributed by atoms with Crippen molar-refractivity contribution in [2.45, 2.75) is 6.54 Å². The molecule has 1 heterocycles. The van der Waals surface area contributed by atoms with Crippen molar-refractivity contribution >= 4 is 11.7 Å². The highest BCUT2D eigenvalue weighted by Gasteiger charge is 2.17. The van der Waals surface area contributed by atoms with E-state index in [1.54, 1.807) is 25.3 Å². The van der Waals surface area contributed by atoms with E-state index in [0.29, 0.717) is 23.7 Å². The second kappa shape index (κ2) is 8.44. The van der Waals surface area contributed by atoms with E-state index in [4.69, 9.17) is 4.74 Å². The summed E-state index contributed by atoms with van der Waals surface area (Å²) in [7, 11) is 1.58. The molecule has 0 aliphatic heterocycles. The van der Waals surface area contributed by atoms with E-state index in [2.05, 4.69) is 10.4 Å². The van der Waals surface area contributed by atoms with Crippen LogP contribution in [-0.4, -0.2) is 22.8 Å². The molecule has 5 nitrogen and oxygen atoms in total. The van der Waals surface area contributed by atoms with Gasteiger partial charge in [-0.25, -0.2) is 0 Å². The van der Waals surface area contributed by atoms with Crippen molar-refractivity contribution in [3.05, 3.63) is 102 Å². The van der Waals surface area contributed by atoms with Crippen LogP contribution < -0.4 is 10.1 Å². The fraction of sp³-hybridized carbons (Fsp3) is 0.0833. The molecule has 0 aliphatic rings. The van der Waals surface area contributed by atoms with Crippen LogP contribution in [0.15, 0.2) is 91.0 Å². The number of benzene rings is 3. The lowest BCUT2D eigenvalue weighted by Crippen LogP contribution is -2.17. The highest BCUT2D eigenvalue weighted by molar-refractivity contribution is 5.98. The minimum absolute atomic E-state index is 0.221. The van der Waals surface area contributed by atoms with Gasteiger partial charge in [-0.15, -0.1) is 0 Å². The van der Waals surface area contributed by atoms with E-state index in [1.807, 2.05) is 72.8 Å². The van der Waals surface area contributed by atoms with Crippen LogP contribution >= 0.6 is 0 Å². The second-order valence-corrected chi connectivity index (χ2v) is 6.57. The SMILES string of the molecule is COc1cccc(C(=O)n2nc(-c3ccccc3)cc2NCc2ccccc2)c1. The Hall–Kier alpha value is -3.86. The lowest BCUT2D eigenvalue weighted by molar-refractivity contribution is 0.0947. The number of aromatic nitrogens is 2. The Morgan fingerprint density at radius 1 is 0.931 bits per heavy atom. The van der Waals surface area contributed by atoms with Crippen LogP contribution in [-0.2, 0) is 6.54 Å². The number of carbonyl (C=O) groups is 1. The van der Waals surface area contributed by atoms with Gasteiger partial charge in [0.05, 0.1) is 12.8 Å². The van der Waals surface area contributed by atoms with Crippen molar-refractivity contribution in [2.24, 2.45) is 0 Å². The van der Waals surface area contributed by atoms with E-state index >= 15 is 0 Å². The maximum absolute atomic E-state index is 13.2. The number of nitrogens with one attached hydrogen (secondary N) is 1. The normalized spacial score (nSPS) is 10.5. The molecule has 3 aromatic carbocycles. The predicted octanol–water partition coefficient (Wildman–Crippen LogP) is 4.86. The fourth-order valence-corrected chi connectivity index (χ4v) is 3.08. The van der Waals surface area contributed by atoms with E-state index < -0.39 is 0 Å². The summed E-state index contributed by atoms with van der Waals surface area (Å²) in [6, 6.07) is 28.8. The van der Waals surface area contributed by atoms with Crippen molar-refractivity contribution < 1.29 is 9.53 Å². The monoisotopic (exact) mass is 383 g/mol. The van der Waals surface area contributed by atoms with Crippen LogP contribution in [0.3, 0.4) is 0 Å². The molecule has 0 spiro atoms. The zero-order valence-corrected chi connectivity index (χ0v) is 16.1. The Morgan fingerprint density at radius 2 is 1.66 bits per heavy atom. The van der Waals surface area contributed by atoms with E-state index in [9.17, 15) is 4.79 Å². The summed E-state index contributed by atoms with van der Waals surface area (Å²) < 4.78 is 6.67. The summed E-state index contributed by atoms with van der Waals surface area (Å²) in [4.78, 5) is 13.2. The molecule has 0 saturated carbocycles. The summed E-state index contributed by atoms with van der Waals surface area (Å²) >= 11 is 0. The number of methoxy groups -OCH3 is 1. The molecule has 0 saturated heterocycles. The topological polar surface area (TPSA) is 56.2 Å². The third kappa shape index (κ3) is 4.19. The Bertz CT molecular complexity index is 1110. The maximum Gasteiger partial charge on any atom is 0.280 e. The number of hydrogen-bond donors (Lipinski definition) is 1. The first-order valence-electron chi connectivity index (χ1n) is 9.36. The molecule has 1 aromatic heterocycles. The van der Waals surface area contributed by atoms with Gasteiger partial charge in [-0.3, -0.25) is 4.79 Å². The molecule has 0 unspecified atom stereocenters. The first kappa shape index (κ1) is 18.5. The van der Waals surface area contributed by atoms with Gasteiger partial charge in [0.2, 0.25) is 0 Å². The maximum atomic E-state index is 13.2. The Kier molecular flexibility index (Phi) is 5.38. The summed E-state index contributed by atoms with van der Waals surface area (Å²) in [6.45, 7) is 0.589. The third-order valence-corrected chi connectivity index (χ3v) is 4.60. The molecule has 0 fully saturated rings. The van der Waals surface area contributed by atoms with Crippen LogP contribution in [0.4, 0.5) is 5.82 Å². The quantitative estimate of drug-likeness (QED) is 0.517. The van der Waals surface area contributed by atoms with Gasteiger partial charge in [0.1, 0.15) is 11.6 Å². The molecular formula is C24H21N3O2. The third-order valence-electron chi connectivity index (χ3n) is 4.60. The number of hydrogen-bond acceptors (Lipinski definition) is 4. The zero-order chi connectivity index (χ0) is 20.1. The number of anilines is 1. The van der Waals surface area contributed by atoms with Crippen LogP contribution in [0.5, 0.6) is 5.75 Å². The Balaban J connectivity index is 1.70. The molecule has 1 N–H and O–H groups in total. The van der Waals surface area contributed by atoms with E-state index in [1.165, 1.54) is 4.68 Å². The Morgan fingerprint density at radius 3 is 2.38 bits per heavy atom. The molecule has 4 aromatic rings. The van der Waals surface area contributed by atoms with Gasteiger partial charge in [0.15, 0.2) is 0 Å². The first-order chi connectivity index (χ1) is 14.2. The molecule has 144 valence electrons. The van der Waals surface area contributed by atoms with Crippen LogP contribution in [0.1, 0.15) is 15.9 Å². The molecule has 0 bridgehead atoms. The number of nitrogens with zero attached hydrogens (tertiary/aromatic N) is 2. The molecule has 5 heteroatoms. The van der Waals surface area contributed by atoms with Crippen molar-refractivity contribution in [1.29, 1.82) is 0 Å². The van der Waals surface area contributed by atoms with Crippen molar-refractivity contribution in [2.75, 3.05) is 12.4 Å². The standard InChI is InChI=1S/C24H21N3O2/c1-29-21-14-8-13-20(15-21)24(28)27-23(25-17-18-9-4-2-5-10-18)16-22(26-27)19-11-6-3-7-12-19/h2-16,25H,17H2,1H3. The lowest BCUT2D eigenvalue weighted by atomic mass is 10.1. The minimum Gasteiger partial charge on any atom is -0.497 e. The molecule has 29 heavy (non-hydrogen) atoms. The molecule has 0 amide bonds. The molecule has 4 rings (SSSR count). The Labute approximate surface area is 169 Å². The van der Waals surface area contributed by atoms with Crippen molar-refractivity contribution in [3.63, 3.8) is 0 Å². The highest BCUT2D eigenvalue weighted by atomic mass is 16.5. The van der Waals surface area contributed by atoms with E-state index in [0.717, 1.165) is 16.8 Å². The number of rotatable bonds is 6. The smallest absolute Gasteiger partial charge is 0.280 e. The van der Waals surface area contributed by atoms with Crippen molar-refractivity contribution in [3.8, 4) is 17.0 Å². The van der Waals surface area contributed by atoms with Crippen LogP contribution in [0, 0.1) is 0 Å². The largest absolute Gasteiger partial charge is 0.497 e. The number of carbonyl (C=O) groups excluding carboxylic acids is 1. The van der Waals surface area contributed by atoms with Crippen molar-refractivity contribution in [1.82, 2.24) is 9.78 Å². The first-order valence-corrected chi connectivity index (χ1v) is 9.36. The van der Waals surface area contributed by atoms with Gasteiger partial charge in [-0.2, -0.15) is 9.78 Å². The summed E-state index contributed by atoms with van der Waals surface area (Å²) in [5.41, 5.74) is 3.31. The van der Waals surface area contributed by atoms with Gasteiger partial charge < -0.3 is 10.1 Å². The summed E-state index contributed by atoms with van der Waals surface area (Å²) in [5.74, 6) is 1.05. The van der Waals surface area contributed by atoms with Gasteiger partial charge in [-0.05, 0) is 23.8 Å². The molecule has 0 atom stereocenters. The average molecular weight is 383 g/mol. The van der Waals surface area contributed by atoms with Gasteiger partial charge in [-0.1, -0.05) is 66.7 Å². The van der Waals surface area contributed by atoms with Gasteiger partial charge in [0.25, 0.3) is 5.91 Å². The number of ether oxygens (including phenoxy) is 1. The molecule has 0 radical (unpaired) electrons. The molecular weight excluding hydrogens is 362 g/mol. The average Bonchev–Trinajstić information content (AvgIpc) is 3.23. The molecule has 0 aliphatic carbocycles. The summed E-state index contributed by atoms with van der Waals surface area (Å²) in [6.07, 6.45) is 0. The second-order valence-electron chi connectivity index (χ2n) is 6.57. The highest BCUT2D eigenvalue weighted by Crippen LogP contribution is 2.24.